The Hall–Kier alpha value is -2.09. The topological polar surface area (TPSA) is 29.1 Å². The number of allylic oxidation sites excluding steroid dienone is 4. The van der Waals surface area contributed by atoms with Crippen LogP contribution in [-0.2, 0) is 4.79 Å². The first-order valence-electron chi connectivity index (χ1n) is 4.71. The normalized spacial score (nSPS) is 15.1. The van der Waals surface area contributed by atoms with E-state index in [0.29, 0.717) is 5.57 Å². The lowest BCUT2D eigenvalue weighted by Crippen LogP contribution is -2.06. The zero-order valence-corrected chi connectivity index (χ0v) is 8.23. The summed E-state index contributed by atoms with van der Waals surface area (Å²) in [5, 5.41) is 3.14. The second kappa shape index (κ2) is 3.96. The Bertz CT molecular complexity index is 455. The second-order valence-corrected chi connectivity index (χ2v) is 3.31. The number of carbonyl (C=O) groups excluding carboxylic acids is 1. The van der Waals surface area contributed by atoms with Crippen molar-refractivity contribution in [2.45, 2.75) is 0 Å². The summed E-state index contributed by atoms with van der Waals surface area (Å²) in [5.74, 6) is -0.0454. The molecule has 0 amide bonds. The predicted molar refractivity (Wildman–Crippen MR) is 61.4 cm³/mol. The van der Waals surface area contributed by atoms with Gasteiger partial charge in [-0.25, -0.2) is 0 Å². The molecule has 0 spiro atoms. The number of nitrogens with one attached hydrogen (secondary N) is 1. The maximum Gasteiger partial charge on any atom is 0.187 e. The van der Waals surface area contributed by atoms with E-state index in [2.05, 4.69) is 11.9 Å². The van der Waals surface area contributed by atoms with Crippen molar-refractivity contribution in [1.82, 2.24) is 0 Å². The number of anilines is 1. The SMILES string of the molecule is C=C1C=CC(Nc2ccccc2)=CC1=O. The van der Waals surface area contributed by atoms with Crippen molar-refractivity contribution >= 4 is 11.5 Å². The Morgan fingerprint density at radius 3 is 2.47 bits per heavy atom. The van der Waals surface area contributed by atoms with Crippen LogP contribution in [0.3, 0.4) is 0 Å². The van der Waals surface area contributed by atoms with Crippen molar-refractivity contribution in [2.24, 2.45) is 0 Å². The smallest absolute Gasteiger partial charge is 0.187 e. The third-order valence-electron chi connectivity index (χ3n) is 2.13. The second-order valence-electron chi connectivity index (χ2n) is 3.31. The molecule has 74 valence electrons. The number of benzene rings is 1. The molecule has 0 saturated carbocycles. The summed E-state index contributed by atoms with van der Waals surface area (Å²) in [6, 6.07) is 9.72. The van der Waals surface area contributed by atoms with Crippen LogP contribution in [0.15, 0.2) is 66.4 Å². The van der Waals surface area contributed by atoms with Crippen LogP contribution in [-0.4, -0.2) is 5.78 Å². The van der Waals surface area contributed by atoms with Crippen molar-refractivity contribution in [3.8, 4) is 0 Å². The van der Waals surface area contributed by atoms with Gasteiger partial charge in [-0.05, 0) is 24.3 Å². The number of ketones is 1. The number of hydrogen-bond acceptors (Lipinski definition) is 2. The molecule has 1 aromatic carbocycles. The van der Waals surface area contributed by atoms with Gasteiger partial charge in [0, 0.05) is 23.0 Å². The molecule has 2 heteroatoms. The molecular weight excluding hydrogens is 186 g/mol. The van der Waals surface area contributed by atoms with Gasteiger partial charge in [0.15, 0.2) is 5.78 Å². The molecular formula is C13H11NO. The monoisotopic (exact) mass is 197 g/mol. The summed E-state index contributed by atoms with van der Waals surface area (Å²) < 4.78 is 0. The van der Waals surface area contributed by atoms with Crippen molar-refractivity contribution in [1.29, 1.82) is 0 Å². The maximum absolute atomic E-state index is 11.3. The van der Waals surface area contributed by atoms with Gasteiger partial charge in [-0.15, -0.1) is 0 Å². The van der Waals surface area contributed by atoms with Crippen LogP contribution >= 0.6 is 0 Å². The summed E-state index contributed by atoms with van der Waals surface area (Å²) in [6.07, 6.45) is 5.11. The number of hydrogen-bond donors (Lipinski definition) is 1. The Morgan fingerprint density at radius 1 is 1.07 bits per heavy atom. The van der Waals surface area contributed by atoms with Crippen LogP contribution in [0.4, 0.5) is 5.69 Å². The Kier molecular flexibility index (Phi) is 2.50. The highest BCUT2D eigenvalue weighted by atomic mass is 16.1. The van der Waals surface area contributed by atoms with Gasteiger partial charge < -0.3 is 5.32 Å². The number of rotatable bonds is 2. The van der Waals surface area contributed by atoms with Crippen molar-refractivity contribution in [3.63, 3.8) is 0 Å². The molecule has 15 heavy (non-hydrogen) atoms. The van der Waals surface area contributed by atoms with Crippen LogP contribution in [0.1, 0.15) is 0 Å². The fraction of sp³-hybridized carbons (Fsp3) is 0. The Morgan fingerprint density at radius 2 is 1.80 bits per heavy atom. The fourth-order valence-corrected chi connectivity index (χ4v) is 1.32. The van der Waals surface area contributed by atoms with Crippen LogP contribution in [0.25, 0.3) is 0 Å². The number of carbonyl (C=O) groups is 1. The van der Waals surface area contributed by atoms with Gasteiger partial charge in [-0.1, -0.05) is 24.8 Å². The van der Waals surface area contributed by atoms with Gasteiger partial charge in [-0.3, -0.25) is 4.79 Å². The molecule has 0 aromatic heterocycles. The molecule has 1 aliphatic rings. The van der Waals surface area contributed by atoms with Crippen molar-refractivity contribution in [3.05, 3.63) is 66.4 Å². The molecule has 0 saturated heterocycles. The van der Waals surface area contributed by atoms with E-state index in [1.165, 1.54) is 0 Å². The minimum absolute atomic E-state index is 0.0454. The minimum Gasteiger partial charge on any atom is -0.355 e. The maximum atomic E-state index is 11.3. The van der Waals surface area contributed by atoms with Gasteiger partial charge >= 0.3 is 0 Å². The standard InChI is InChI=1S/C13H11NO/c1-10-7-8-12(9-13(10)15)14-11-5-3-2-4-6-11/h2-9,14H,1H2. The first kappa shape index (κ1) is 9.46. The van der Waals surface area contributed by atoms with E-state index < -0.39 is 0 Å². The molecule has 2 nitrogen and oxygen atoms in total. The van der Waals surface area contributed by atoms with Crippen LogP contribution in [0, 0.1) is 0 Å². The highest BCUT2D eigenvalue weighted by Gasteiger charge is 2.07. The quantitative estimate of drug-likeness (QED) is 0.738. The predicted octanol–water partition coefficient (Wildman–Crippen LogP) is 2.68. The summed E-state index contributed by atoms with van der Waals surface area (Å²) in [4.78, 5) is 11.3. The zero-order chi connectivity index (χ0) is 10.7. The lowest BCUT2D eigenvalue weighted by molar-refractivity contribution is -0.111. The van der Waals surface area contributed by atoms with E-state index in [1.54, 1.807) is 12.2 Å². The molecule has 1 aliphatic carbocycles. The van der Waals surface area contributed by atoms with Crippen molar-refractivity contribution in [2.75, 3.05) is 5.32 Å². The molecule has 0 bridgehead atoms. The van der Waals surface area contributed by atoms with Gasteiger partial charge in [0.05, 0.1) is 0 Å². The molecule has 1 aromatic rings. The highest BCUT2D eigenvalue weighted by Crippen LogP contribution is 2.14. The lowest BCUT2D eigenvalue weighted by atomic mass is 10.1. The average molecular weight is 197 g/mol. The minimum atomic E-state index is -0.0454. The van der Waals surface area contributed by atoms with E-state index in [0.717, 1.165) is 11.4 Å². The molecule has 0 radical (unpaired) electrons. The third kappa shape index (κ3) is 2.23. The molecule has 1 N–H and O–H groups in total. The van der Waals surface area contributed by atoms with Crippen molar-refractivity contribution < 1.29 is 4.79 Å². The van der Waals surface area contributed by atoms with Crippen LogP contribution in [0.5, 0.6) is 0 Å². The van der Waals surface area contributed by atoms with Gasteiger partial charge in [0.2, 0.25) is 0 Å². The molecule has 0 fully saturated rings. The first-order chi connectivity index (χ1) is 7.25. The van der Waals surface area contributed by atoms with Gasteiger partial charge in [0.25, 0.3) is 0 Å². The fourth-order valence-electron chi connectivity index (χ4n) is 1.32. The Balaban J connectivity index is 2.15. The molecule has 2 rings (SSSR count). The summed E-state index contributed by atoms with van der Waals surface area (Å²) >= 11 is 0. The van der Waals surface area contributed by atoms with Gasteiger partial charge in [0.1, 0.15) is 0 Å². The zero-order valence-electron chi connectivity index (χ0n) is 8.23. The summed E-state index contributed by atoms with van der Waals surface area (Å²) in [7, 11) is 0. The molecule has 0 unspecified atom stereocenters. The van der Waals surface area contributed by atoms with Crippen LogP contribution in [0.2, 0.25) is 0 Å². The van der Waals surface area contributed by atoms with E-state index >= 15 is 0 Å². The van der Waals surface area contributed by atoms with E-state index in [1.807, 2.05) is 36.4 Å². The largest absolute Gasteiger partial charge is 0.355 e. The van der Waals surface area contributed by atoms with E-state index in [-0.39, 0.29) is 5.78 Å². The van der Waals surface area contributed by atoms with E-state index in [4.69, 9.17) is 0 Å². The molecule has 0 aliphatic heterocycles. The molecule has 0 heterocycles. The average Bonchev–Trinajstić information content (AvgIpc) is 2.25. The number of para-hydroxylation sites is 1. The summed E-state index contributed by atoms with van der Waals surface area (Å²) in [5.41, 5.74) is 2.28. The third-order valence-corrected chi connectivity index (χ3v) is 2.13. The first-order valence-corrected chi connectivity index (χ1v) is 4.71. The van der Waals surface area contributed by atoms with Crippen LogP contribution < -0.4 is 5.32 Å². The lowest BCUT2D eigenvalue weighted by Gasteiger charge is -2.10. The molecule has 0 atom stereocenters. The Labute approximate surface area is 88.6 Å². The summed E-state index contributed by atoms with van der Waals surface area (Å²) in [6.45, 7) is 3.63. The highest BCUT2D eigenvalue weighted by molar-refractivity contribution is 6.07. The van der Waals surface area contributed by atoms with Gasteiger partial charge in [-0.2, -0.15) is 0 Å². The van der Waals surface area contributed by atoms with E-state index in [9.17, 15) is 4.79 Å².